The molecule has 0 radical (unpaired) electrons. The van der Waals surface area contributed by atoms with Crippen molar-refractivity contribution in [1.29, 1.82) is 0 Å². The van der Waals surface area contributed by atoms with Gasteiger partial charge >= 0.3 is 0 Å². The Morgan fingerprint density at radius 3 is 2.60 bits per heavy atom. The SMILES string of the molecule is CC(C)Nc1ccccc1C(=O)N1CCC(C)C(C)C1. The van der Waals surface area contributed by atoms with Crippen LogP contribution in [0.5, 0.6) is 0 Å². The molecule has 0 spiro atoms. The molecule has 110 valence electrons. The molecule has 1 aromatic carbocycles. The number of amides is 1. The second kappa shape index (κ2) is 6.29. The molecule has 3 heteroatoms. The lowest BCUT2D eigenvalue weighted by Crippen LogP contribution is -2.42. The highest BCUT2D eigenvalue weighted by atomic mass is 16.2. The molecule has 0 bridgehead atoms. The van der Waals surface area contributed by atoms with Gasteiger partial charge in [0.2, 0.25) is 0 Å². The van der Waals surface area contributed by atoms with Crippen LogP contribution in [0.15, 0.2) is 24.3 Å². The Bertz CT molecular complexity index is 470. The predicted molar refractivity (Wildman–Crippen MR) is 84.0 cm³/mol. The van der Waals surface area contributed by atoms with E-state index in [0.717, 1.165) is 30.8 Å². The third-order valence-corrected chi connectivity index (χ3v) is 4.22. The van der Waals surface area contributed by atoms with E-state index in [1.54, 1.807) is 0 Å². The molecule has 1 amide bonds. The Hall–Kier alpha value is -1.51. The summed E-state index contributed by atoms with van der Waals surface area (Å²) in [5, 5.41) is 3.37. The van der Waals surface area contributed by atoms with Gasteiger partial charge in [-0.25, -0.2) is 0 Å². The Labute approximate surface area is 122 Å². The summed E-state index contributed by atoms with van der Waals surface area (Å²) in [4.78, 5) is 14.7. The number of likely N-dealkylation sites (tertiary alicyclic amines) is 1. The maximum absolute atomic E-state index is 12.7. The van der Waals surface area contributed by atoms with E-state index in [1.807, 2.05) is 29.2 Å². The van der Waals surface area contributed by atoms with Crippen molar-refractivity contribution < 1.29 is 4.79 Å². The number of nitrogens with zero attached hydrogens (tertiary/aromatic N) is 1. The van der Waals surface area contributed by atoms with Crippen molar-refractivity contribution in [2.75, 3.05) is 18.4 Å². The molecule has 1 aliphatic rings. The molecule has 2 atom stereocenters. The fraction of sp³-hybridized carbons (Fsp3) is 0.588. The quantitative estimate of drug-likeness (QED) is 0.913. The van der Waals surface area contributed by atoms with Crippen LogP contribution in [0.2, 0.25) is 0 Å². The maximum Gasteiger partial charge on any atom is 0.255 e. The summed E-state index contributed by atoms with van der Waals surface area (Å²) in [5.74, 6) is 1.45. The molecule has 0 aromatic heterocycles. The van der Waals surface area contributed by atoms with E-state index < -0.39 is 0 Å². The number of para-hydroxylation sites is 1. The number of anilines is 1. The molecular formula is C17H26N2O. The van der Waals surface area contributed by atoms with Crippen molar-refractivity contribution in [1.82, 2.24) is 4.90 Å². The van der Waals surface area contributed by atoms with Crippen LogP contribution in [0.25, 0.3) is 0 Å². The molecule has 1 fully saturated rings. The molecular weight excluding hydrogens is 248 g/mol. The molecule has 1 N–H and O–H groups in total. The van der Waals surface area contributed by atoms with Crippen LogP contribution in [-0.2, 0) is 0 Å². The fourth-order valence-corrected chi connectivity index (χ4v) is 2.72. The number of carbonyl (C=O) groups excluding carboxylic acids is 1. The van der Waals surface area contributed by atoms with Crippen molar-refractivity contribution in [3.05, 3.63) is 29.8 Å². The molecule has 1 aromatic rings. The van der Waals surface area contributed by atoms with Crippen molar-refractivity contribution in [3.63, 3.8) is 0 Å². The van der Waals surface area contributed by atoms with Gasteiger partial charge in [0.25, 0.3) is 5.91 Å². The fourth-order valence-electron chi connectivity index (χ4n) is 2.72. The van der Waals surface area contributed by atoms with Gasteiger partial charge in [0.1, 0.15) is 0 Å². The van der Waals surface area contributed by atoms with Gasteiger partial charge in [-0.05, 0) is 44.2 Å². The summed E-state index contributed by atoms with van der Waals surface area (Å²) in [6.45, 7) is 10.4. The first-order valence-corrected chi connectivity index (χ1v) is 7.64. The van der Waals surface area contributed by atoms with E-state index in [-0.39, 0.29) is 5.91 Å². The highest BCUT2D eigenvalue weighted by Gasteiger charge is 2.27. The zero-order chi connectivity index (χ0) is 14.7. The smallest absolute Gasteiger partial charge is 0.255 e. The topological polar surface area (TPSA) is 32.3 Å². The molecule has 1 aliphatic heterocycles. The average molecular weight is 274 g/mol. The number of carbonyl (C=O) groups is 1. The number of hydrogen-bond donors (Lipinski definition) is 1. The van der Waals surface area contributed by atoms with E-state index in [1.165, 1.54) is 0 Å². The molecule has 0 aliphatic carbocycles. The van der Waals surface area contributed by atoms with Gasteiger partial charge in [-0.3, -0.25) is 4.79 Å². The Morgan fingerprint density at radius 2 is 1.95 bits per heavy atom. The maximum atomic E-state index is 12.7. The predicted octanol–water partition coefficient (Wildman–Crippen LogP) is 3.63. The van der Waals surface area contributed by atoms with Gasteiger partial charge in [0.15, 0.2) is 0 Å². The monoisotopic (exact) mass is 274 g/mol. The molecule has 0 saturated carbocycles. The van der Waals surface area contributed by atoms with Gasteiger partial charge in [-0.15, -0.1) is 0 Å². The highest BCUT2D eigenvalue weighted by Crippen LogP contribution is 2.25. The van der Waals surface area contributed by atoms with Gasteiger partial charge in [-0.2, -0.15) is 0 Å². The highest BCUT2D eigenvalue weighted by molar-refractivity contribution is 5.99. The van der Waals surface area contributed by atoms with Crippen LogP contribution >= 0.6 is 0 Å². The summed E-state index contributed by atoms with van der Waals surface area (Å²) in [6.07, 6.45) is 1.10. The van der Waals surface area contributed by atoms with E-state index in [2.05, 4.69) is 33.0 Å². The van der Waals surface area contributed by atoms with Crippen LogP contribution in [-0.4, -0.2) is 29.9 Å². The van der Waals surface area contributed by atoms with Crippen LogP contribution < -0.4 is 5.32 Å². The van der Waals surface area contributed by atoms with Gasteiger partial charge in [-0.1, -0.05) is 26.0 Å². The van der Waals surface area contributed by atoms with Crippen LogP contribution in [0.1, 0.15) is 44.5 Å². The molecule has 1 heterocycles. The minimum atomic E-state index is 0.160. The lowest BCUT2D eigenvalue weighted by atomic mass is 9.88. The van der Waals surface area contributed by atoms with E-state index >= 15 is 0 Å². The lowest BCUT2D eigenvalue weighted by molar-refractivity contribution is 0.0628. The zero-order valence-corrected chi connectivity index (χ0v) is 13.0. The molecule has 3 nitrogen and oxygen atoms in total. The Kier molecular flexibility index (Phi) is 4.69. The van der Waals surface area contributed by atoms with E-state index in [0.29, 0.717) is 17.9 Å². The Morgan fingerprint density at radius 1 is 1.25 bits per heavy atom. The second-order valence-corrected chi connectivity index (χ2v) is 6.34. The molecule has 1 saturated heterocycles. The number of nitrogens with one attached hydrogen (secondary N) is 1. The van der Waals surface area contributed by atoms with E-state index in [4.69, 9.17) is 0 Å². The first kappa shape index (κ1) is 14.9. The summed E-state index contributed by atoms with van der Waals surface area (Å²) >= 11 is 0. The van der Waals surface area contributed by atoms with Crippen LogP contribution in [0, 0.1) is 11.8 Å². The summed E-state index contributed by atoms with van der Waals surface area (Å²) in [5.41, 5.74) is 1.74. The minimum absolute atomic E-state index is 0.160. The second-order valence-electron chi connectivity index (χ2n) is 6.34. The third kappa shape index (κ3) is 3.33. The first-order valence-electron chi connectivity index (χ1n) is 7.64. The number of rotatable bonds is 3. The van der Waals surface area contributed by atoms with Crippen LogP contribution in [0.4, 0.5) is 5.69 Å². The zero-order valence-electron chi connectivity index (χ0n) is 13.0. The normalized spacial score (nSPS) is 22.9. The molecule has 2 rings (SSSR count). The Balaban J connectivity index is 2.17. The van der Waals surface area contributed by atoms with Crippen molar-refractivity contribution >= 4 is 11.6 Å². The summed E-state index contributed by atoms with van der Waals surface area (Å²) in [7, 11) is 0. The molecule has 20 heavy (non-hydrogen) atoms. The molecule has 2 unspecified atom stereocenters. The van der Waals surface area contributed by atoms with Gasteiger partial charge in [0, 0.05) is 24.8 Å². The summed E-state index contributed by atoms with van der Waals surface area (Å²) in [6, 6.07) is 8.15. The summed E-state index contributed by atoms with van der Waals surface area (Å²) < 4.78 is 0. The van der Waals surface area contributed by atoms with Crippen molar-refractivity contribution in [3.8, 4) is 0 Å². The number of hydrogen-bond acceptors (Lipinski definition) is 2. The standard InChI is InChI=1S/C17H26N2O/c1-12(2)18-16-8-6-5-7-15(16)17(20)19-10-9-13(3)14(4)11-19/h5-8,12-14,18H,9-11H2,1-4H3. The average Bonchev–Trinajstić information content (AvgIpc) is 2.41. The van der Waals surface area contributed by atoms with Gasteiger partial charge in [0.05, 0.1) is 5.56 Å². The minimum Gasteiger partial charge on any atom is -0.382 e. The van der Waals surface area contributed by atoms with Crippen molar-refractivity contribution in [2.24, 2.45) is 11.8 Å². The number of benzene rings is 1. The van der Waals surface area contributed by atoms with Crippen molar-refractivity contribution in [2.45, 2.75) is 40.2 Å². The number of piperidine rings is 1. The lowest BCUT2D eigenvalue weighted by Gasteiger charge is -2.35. The van der Waals surface area contributed by atoms with Crippen LogP contribution in [0.3, 0.4) is 0 Å². The van der Waals surface area contributed by atoms with E-state index in [9.17, 15) is 4.79 Å². The van der Waals surface area contributed by atoms with Gasteiger partial charge < -0.3 is 10.2 Å². The third-order valence-electron chi connectivity index (χ3n) is 4.22. The largest absolute Gasteiger partial charge is 0.382 e. The first-order chi connectivity index (χ1) is 9.49.